The zero-order chi connectivity index (χ0) is 14.4. The lowest BCUT2D eigenvalue weighted by molar-refractivity contribution is 0.0905. The first kappa shape index (κ1) is 14.5. The van der Waals surface area contributed by atoms with Crippen molar-refractivity contribution in [3.8, 4) is 5.69 Å². The molecule has 0 atom stereocenters. The maximum atomic E-state index is 12.5. The molecule has 0 fully saturated rings. The van der Waals surface area contributed by atoms with Crippen LogP contribution in [-0.4, -0.2) is 15.6 Å². The van der Waals surface area contributed by atoms with Gasteiger partial charge < -0.3 is 0 Å². The molecule has 0 N–H and O–H groups in total. The van der Waals surface area contributed by atoms with Gasteiger partial charge in [0, 0.05) is 12.1 Å². The molecule has 0 spiro atoms. The van der Waals surface area contributed by atoms with E-state index in [9.17, 15) is 4.79 Å². The first-order chi connectivity index (χ1) is 9.76. The Morgan fingerprint density at radius 3 is 2.40 bits per heavy atom. The summed E-state index contributed by atoms with van der Waals surface area (Å²) in [6, 6.07) is 9.87. The molecule has 0 saturated carbocycles. The molecule has 0 aliphatic heterocycles. The van der Waals surface area contributed by atoms with E-state index in [-0.39, 0.29) is 11.7 Å². The fourth-order valence-corrected chi connectivity index (χ4v) is 2.51. The average Bonchev–Trinajstić information content (AvgIpc) is 2.97. The Kier molecular flexibility index (Phi) is 5.10. The van der Waals surface area contributed by atoms with Gasteiger partial charge in [-0.1, -0.05) is 44.9 Å². The van der Waals surface area contributed by atoms with Crippen molar-refractivity contribution in [3.63, 3.8) is 0 Å². The average molecular weight is 270 g/mol. The SMILES string of the molecule is CCCC(CCC)C(=O)c1cnn(-c2ccccc2)c1. The summed E-state index contributed by atoms with van der Waals surface area (Å²) in [5.74, 6) is 0.370. The van der Waals surface area contributed by atoms with Gasteiger partial charge in [0.05, 0.1) is 17.4 Å². The Bertz CT molecular complexity index is 539. The van der Waals surface area contributed by atoms with Gasteiger partial charge >= 0.3 is 0 Å². The van der Waals surface area contributed by atoms with Crippen molar-refractivity contribution < 1.29 is 4.79 Å². The van der Waals surface area contributed by atoms with E-state index in [1.807, 2.05) is 36.5 Å². The van der Waals surface area contributed by atoms with Crippen LogP contribution in [0.2, 0.25) is 0 Å². The van der Waals surface area contributed by atoms with Crippen molar-refractivity contribution in [2.75, 3.05) is 0 Å². The minimum atomic E-state index is 0.137. The highest BCUT2D eigenvalue weighted by molar-refractivity contribution is 5.97. The molecule has 0 unspecified atom stereocenters. The number of hydrogen-bond donors (Lipinski definition) is 0. The summed E-state index contributed by atoms with van der Waals surface area (Å²) in [6.45, 7) is 4.26. The van der Waals surface area contributed by atoms with Crippen LogP contribution in [0.15, 0.2) is 42.7 Å². The maximum absolute atomic E-state index is 12.5. The van der Waals surface area contributed by atoms with Crippen LogP contribution in [0.4, 0.5) is 0 Å². The summed E-state index contributed by atoms with van der Waals surface area (Å²) >= 11 is 0. The fourth-order valence-electron chi connectivity index (χ4n) is 2.51. The number of Topliss-reactive ketones (excluding diaryl/α,β-unsaturated/α-hetero) is 1. The molecule has 1 aromatic heterocycles. The molecular formula is C17H22N2O. The van der Waals surface area contributed by atoms with Crippen molar-refractivity contribution >= 4 is 5.78 Å². The van der Waals surface area contributed by atoms with E-state index >= 15 is 0 Å². The lowest BCUT2D eigenvalue weighted by Crippen LogP contribution is -2.14. The Morgan fingerprint density at radius 1 is 1.15 bits per heavy atom. The summed E-state index contributed by atoms with van der Waals surface area (Å²) in [5.41, 5.74) is 1.70. The number of nitrogens with zero attached hydrogens (tertiary/aromatic N) is 2. The second-order valence-corrected chi connectivity index (χ2v) is 5.15. The number of benzene rings is 1. The van der Waals surface area contributed by atoms with Crippen molar-refractivity contribution in [3.05, 3.63) is 48.3 Å². The summed E-state index contributed by atoms with van der Waals surface area (Å²) < 4.78 is 1.77. The summed E-state index contributed by atoms with van der Waals surface area (Å²) in [6.07, 6.45) is 7.54. The number of para-hydroxylation sites is 1. The molecule has 0 bridgehead atoms. The van der Waals surface area contributed by atoms with Crippen LogP contribution < -0.4 is 0 Å². The Hall–Kier alpha value is -1.90. The molecule has 1 heterocycles. The van der Waals surface area contributed by atoms with E-state index in [1.165, 1.54) is 0 Å². The highest BCUT2D eigenvalue weighted by atomic mass is 16.1. The highest BCUT2D eigenvalue weighted by Gasteiger charge is 2.19. The molecule has 0 amide bonds. The normalized spacial score (nSPS) is 10.9. The number of ketones is 1. The molecule has 106 valence electrons. The van der Waals surface area contributed by atoms with E-state index in [1.54, 1.807) is 10.9 Å². The monoisotopic (exact) mass is 270 g/mol. The van der Waals surface area contributed by atoms with Gasteiger partial charge in [-0.15, -0.1) is 0 Å². The first-order valence-electron chi connectivity index (χ1n) is 7.40. The molecule has 0 aliphatic rings. The Morgan fingerprint density at radius 2 is 1.80 bits per heavy atom. The second-order valence-electron chi connectivity index (χ2n) is 5.15. The fraction of sp³-hybridized carbons (Fsp3) is 0.412. The van der Waals surface area contributed by atoms with E-state index in [4.69, 9.17) is 0 Å². The standard InChI is InChI=1S/C17H22N2O/c1-3-8-14(9-4-2)17(20)15-12-18-19(13-15)16-10-6-5-7-11-16/h5-7,10-14H,3-4,8-9H2,1-2H3. The summed E-state index contributed by atoms with van der Waals surface area (Å²) in [4.78, 5) is 12.5. The molecule has 2 aromatic rings. The Labute approximate surface area is 120 Å². The lowest BCUT2D eigenvalue weighted by Gasteiger charge is -2.12. The highest BCUT2D eigenvalue weighted by Crippen LogP contribution is 2.20. The van der Waals surface area contributed by atoms with Crippen LogP contribution in [0.3, 0.4) is 0 Å². The number of aromatic nitrogens is 2. The van der Waals surface area contributed by atoms with Crippen LogP contribution in [0, 0.1) is 5.92 Å². The van der Waals surface area contributed by atoms with Gasteiger partial charge in [0.15, 0.2) is 5.78 Å². The molecular weight excluding hydrogens is 248 g/mol. The van der Waals surface area contributed by atoms with Crippen molar-refractivity contribution in [1.29, 1.82) is 0 Å². The van der Waals surface area contributed by atoms with Gasteiger partial charge in [0.1, 0.15) is 0 Å². The molecule has 0 saturated heterocycles. The van der Waals surface area contributed by atoms with Crippen LogP contribution in [0.1, 0.15) is 49.9 Å². The maximum Gasteiger partial charge on any atom is 0.169 e. The molecule has 3 heteroatoms. The van der Waals surface area contributed by atoms with Gasteiger partial charge in [0.25, 0.3) is 0 Å². The first-order valence-corrected chi connectivity index (χ1v) is 7.40. The predicted molar refractivity (Wildman–Crippen MR) is 81.2 cm³/mol. The number of rotatable bonds is 7. The van der Waals surface area contributed by atoms with E-state index in [0.29, 0.717) is 0 Å². The molecule has 3 nitrogen and oxygen atoms in total. The largest absolute Gasteiger partial charge is 0.294 e. The molecule has 0 radical (unpaired) electrons. The number of carbonyl (C=O) groups is 1. The van der Waals surface area contributed by atoms with Crippen molar-refractivity contribution in [1.82, 2.24) is 9.78 Å². The third kappa shape index (κ3) is 3.35. The van der Waals surface area contributed by atoms with Gasteiger partial charge in [0.2, 0.25) is 0 Å². The minimum absolute atomic E-state index is 0.137. The van der Waals surface area contributed by atoms with E-state index in [0.717, 1.165) is 36.9 Å². The number of hydrogen-bond acceptors (Lipinski definition) is 2. The minimum Gasteiger partial charge on any atom is -0.294 e. The molecule has 20 heavy (non-hydrogen) atoms. The third-order valence-corrected chi connectivity index (χ3v) is 3.53. The van der Waals surface area contributed by atoms with E-state index in [2.05, 4.69) is 18.9 Å². The molecule has 2 rings (SSSR count). The summed E-state index contributed by atoms with van der Waals surface area (Å²) in [7, 11) is 0. The van der Waals surface area contributed by atoms with E-state index < -0.39 is 0 Å². The predicted octanol–water partition coefficient (Wildman–Crippen LogP) is 4.27. The van der Waals surface area contributed by atoms with Crippen LogP contribution >= 0.6 is 0 Å². The topological polar surface area (TPSA) is 34.9 Å². The smallest absolute Gasteiger partial charge is 0.169 e. The quantitative estimate of drug-likeness (QED) is 0.704. The van der Waals surface area contributed by atoms with Crippen molar-refractivity contribution in [2.24, 2.45) is 5.92 Å². The Balaban J connectivity index is 2.17. The third-order valence-electron chi connectivity index (χ3n) is 3.53. The lowest BCUT2D eigenvalue weighted by atomic mass is 9.91. The van der Waals surface area contributed by atoms with Crippen LogP contribution in [0.25, 0.3) is 5.69 Å². The van der Waals surface area contributed by atoms with Gasteiger partial charge in [-0.2, -0.15) is 5.10 Å². The van der Waals surface area contributed by atoms with Gasteiger partial charge in [-0.05, 0) is 25.0 Å². The van der Waals surface area contributed by atoms with Gasteiger partial charge in [-0.25, -0.2) is 4.68 Å². The molecule has 1 aromatic carbocycles. The molecule has 0 aliphatic carbocycles. The zero-order valence-corrected chi connectivity index (χ0v) is 12.2. The van der Waals surface area contributed by atoms with Crippen LogP contribution in [-0.2, 0) is 0 Å². The van der Waals surface area contributed by atoms with Crippen LogP contribution in [0.5, 0.6) is 0 Å². The summed E-state index contributed by atoms with van der Waals surface area (Å²) in [5, 5.41) is 4.31. The zero-order valence-electron chi connectivity index (χ0n) is 12.2. The van der Waals surface area contributed by atoms with Crippen molar-refractivity contribution in [2.45, 2.75) is 39.5 Å². The van der Waals surface area contributed by atoms with Gasteiger partial charge in [-0.3, -0.25) is 4.79 Å². The number of carbonyl (C=O) groups excluding carboxylic acids is 1. The second kappa shape index (κ2) is 7.04.